The van der Waals surface area contributed by atoms with Crippen LogP contribution in [0.25, 0.3) is 0 Å². The fourth-order valence-electron chi connectivity index (χ4n) is 3.83. The predicted octanol–water partition coefficient (Wildman–Crippen LogP) is 1.86. The van der Waals surface area contributed by atoms with E-state index in [2.05, 4.69) is 0 Å². The first-order chi connectivity index (χ1) is 11.4. The maximum Gasteiger partial charge on any atom is 0.243 e. The molecule has 1 atom stereocenters. The largest absolute Gasteiger partial charge is 0.497 e. The molecule has 1 aromatic carbocycles. The predicted molar refractivity (Wildman–Crippen MR) is 90.3 cm³/mol. The lowest BCUT2D eigenvalue weighted by Gasteiger charge is -2.50. The summed E-state index contributed by atoms with van der Waals surface area (Å²) >= 11 is 0. The van der Waals surface area contributed by atoms with Gasteiger partial charge >= 0.3 is 0 Å². The second kappa shape index (κ2) is 6.37. The van der Waals surface area contributed by atoms with E-state index in [9.17, 15) is 13.2 Å². The van der Waals surface area contributed by atoms with Crippen LogP contribution >= 0.6 is 0 Å². The quantitative estimate of drug-likeness (QED) is 0.833. The van der Waals surface area contributed by atoms with Crippen LogP contribution in [0.4, 0.5) is 0 Å². The summed E-state index contributed by atoms with van der Waals surface area (Å²) < 4.78 is 32.7. The van der Waals surface area contributed by atoms with Crippen molar-refractivity contribution in [2.24, 2.45) is 0 Å². The lowest BCUT2D eigenvalue weighted by molar-refractivity contribution is -0.141. The summed E-state index contributed by atoms with van der Waals surface area (Å²) in [6.07, 6.45) is 3.87. The molecule has 2 aliphatic rings. The third-order valence-corrected chi connectivity index (χ3v) is 7.16. The minimum absolute atomic E-state index is 0.113. The van der Waals surface area contributed by atoms with Crippen molar-refractivity contribution in [3.63, 3.8) is 0 Å². The molecule has 6 nitrogen and oxygen atoms in total. The van der Waals surface area contributed by atoms with Crippen molar-refractivity contribution in [1.82, 2.24) is 9.21 Å². The van der Waals surface area contributed by atoms with Crippen molar-refractivity contribution in [1.29, 1.82) is 0 Å². The number of carbonyl (C=O) groups excluding carboxylic acids is 1. The fraction of sp³-hybridized carbons (Fsp3) is 0.588. The van der Waals surface area contributed by atoms with Crippen LogP contribution < -0.4 is 4.74 Å². The van der Waals surface area contributed by atoms with Crippen LogP contribution in [0.3, 0.4) is 0 Å². The number of hydrogen-bond acceptors (Lipinski definition) is 4. The number of methoxy groups -OCH3 is 1. The van der Waals surface area contributed by atoms with E-state index in [0.29, 0.717) is 25.3 Å². The van der Waals surface area contributed by atoms with Crippen LogP contribution in [-0.2, 0) is 14.8 Å². The number of sulfonamides is 1. The zero-order chi connectivity index (χ0) is 17.4. The van der Waals surface area contributed by atoms with E-state index >= 15 is 0 Å². The van der Waals surface area contributed by atoms with E-state index in [-0.39, 0.29) is 16.3 Å². The SMILES string of the molecule is COc1cccc(S(=O)(=O)N2CCC[C@@]3(CCCC(=O)N3C)C2)c1. The summed E-state index contributed by atoms with van der Waals surface area (Å²) in [5, 5.41) is 0. The Labute approximate surface area is 143 Å². The normalized spacial score (nSPS) is 25.9. The molecule has 3 rings (SSSR count). The van der Waals surface area contributed by atoms with Crippen molar-refractivity contribution < 1.29 is 17.9 Å². The van der Waals surface area contributed by atoms with Crippen LogP contribution in [0.1, 0.15) is 32.1 Å². The summed E-state index contributed by atoms with van der Waals surface area (Å²) in [4.78, 5) is 14.1. The third-order valence-electron chi connectivity index (χ3n) is 5.32. The molecule has 1 amide bonds. The fourth-order valence-corrected chi connectivity index (χ4v) is 5.43. The van der Waals surface area contributed by atoms with Crippen molar-refractivity contribution in [3.05, 3.63) is 24.3 Å². The van der Waals surface area contributed by atoms with Gasteiger partial charge in [0, 0.05) is 32.6 Å². The van der Waals surface area contributed by atoms with Gasteiger partial charge in [0.2, 0.25) is 15.9 Å². The molecule has 1 spiro atoms. The van der Waals surface area contributed by atoms with Gasteiger partial charge in [-0.3, -0.25) is 4.79 Å². The molecule has 2 fully saturated rings. The third kappa shape index (κ3) is 2.91. The van der Waals surface area contributed by atoms with Crippen LogP contribution in [0.2, 0.25) is 0 Å². The van der Waals surface area contributed by atoms with Gasteiger partial charge in [0.15, 0.2) is 0 Å². The number of likely N-dealkylation sites (N-methyl/N-ethyl adjacent to an activating group) is 1. The Balaban J connectivity index is 1.89. The minimum Gasteiger partial charge on any atom is -0.497 e. The smallest absolute Gasteiger partial charge is 0.243 e. The summed E-state index contributed by atoms with van der Waals surface area (Å²) in [6.45, 7) is 0.859. The first-order valence-electron chi connectivity index (χ1n) is 8.30. The first kappa shape index (κ1) is 17.2. The molecule has 0 aliphatic carbocycles. The van der Waals surface area contributed by atoms with Gasteiger partial charge in [0.1, 0.15) is 5.75 Å². The molecule has 2 heterocycles. The van der Waals surface area contributed by atoms with Crippen molar-refractivity contribution in [3.8, 4) is 5.75 Å². The zero-order valence-electron chi connectivity index (χ0n) is 14.2. The molecule has 24 heavy (non-hydrogen) atoms. The number of rotatable bonds is 3. The van der Waals surface area contributed by atoms with Gasteiger partial charge in [-0.15, -0.1) is 0 Å². The molecule has 0 bridgehead atoms. The molecule has 0 N–H and O–H groups in total. The molecular formula is C17H24N2O4S. The zero-order valence-corrected chi connectivity index (χ0v) is 15.0. The van der Waals surface area contributed by atoms with E-state index in [1.54, 1.807) is 29.2 Å². The molecule has 0 saturated carbocycles. The van der Waals surface area contributed by atoms with E-state index in [1.807, 2.05) is 7.05 Å². The number of hydrogen-bond donors (Lipinski definition) is 0. The molecule has 7 heteroatoms. The lowest BCUT2D eigenvalue weighted by atomic mass is 9.81. The minimum atomic E-state index is -3.60. The van der Waals surface area contributed by atoms with E-state index in [4.69, 9.17) is 4.74 Å². The molecule has 0 unspecified atom stereocenters. The van der Waals surface area contributed by atoms with Crippen molar-refractivity contribution in [2.75, 3.05) is 27.2 Å². The summed E-state index contributed by atoms with van der Waals surface area (Å²) in [7, 11) is -0.269. The average molecular weight is 352 g/mol. The van der Waals surface area contributed by atoms with Crippen molar-refractivity contribution in [2.45, 2.75) is 42.5 Å². The van der Waals surface area contributed by atoms with Gasteiger partial charge < -0.3 is 9.64 Å². The van der Waals surface area contributed by atoms with Gasteiger partial charge in [0.05, 0.1) is 17.5 Å². The highest BCUT2D eigenvalue weighted by atomic mass is 32.2. The van der Waals surface area contributed by atoms with E-state index < -0.39 is 10.0 Å². The second-order valence-electron chi connectivity index (χ2n) is 6.65. The van der Waals surface area contributed by atoms with Gasteiger partial charge in [-0.05, 0) is 37.8 Å². The number of amides is 1. The van der Waals surface area contributed by atoms with E-state index in [1.165, 1.54) is 11.4 Å². The molecule has 132 valence electrons. The van der Waals surface area contributed by atoms with Gasteiger partial charge in [0.25, 0.3) is 0 Å². The summed E-state index contributed by atoms with van der Waals surface area (Å²) in [5.41, 5.74) is -0.362. The van der Waals surface area contributed by atoms with Crippen LogP contribution in [-0.4, -0.2) is 56.3 Å². The van der Waals surface area contributed by atoms with Crippen LogP contribution in [0, 0.1) is 0 Å². The number of carbonyl (C=O) groups is 1. The van der Waals surface area contributed by atoms with Gasteiger partial charge in [-0.2, -0.15) is 4.31 Å². The highest BCUT2D eigenvalue weighted by molar-refractivity contribution is 7.89. The Bertz CT molecular complexity index is 730. The summed E-state index contributed by atoms with van der Waals surface area (Å²) in [5.74, 6) is 0.634. The monoisotopic (exact) mass is 352 g/mol. The maximum absolute atomic E-state index is 13.0. The number of piperidine rings is 2. The Kier molecular flexibility index (Phi) is 4.57. The van der Waals surface area contributed by atoms with Gasteiger partial charge in [-0.25, -0.2) is 8.42 Å². The Morgan fingerprint density at radius 2 is 1.96 bits per heavy atom. The maximum atomic E-state index is 13.0. The van der Waals surface area contributed by atoms with Gasteiger partial charge in [-0.1, -0.05) is 6.07 Å². The number of likely N-dealkylation sites (tertiary alicyclic amines) is 1. The average Bonchev–Trinajstić information content (AvgIpc) is 2.60. The lowest BCUT2D eigenvalue weighted by Crippen LogP contribution is -2.61. The Morgan fingerprint density at radius 1 is 1.21 bits per heavy atom. The van der Waals surface area contributed by atoms with Crippen LogP contribution in [0.5, 0.6) is 5.75 Å². The van der Waals surface area contributed by atoms with Crippen LogP contribution in [0.15, 0.2) is 29.2 Å². The molecule has 0 radical (unpaired) electrons. The molecule has 0 aromatic heterocycles. The number of nitrogens with zero attached hydrogens (tertiary/aromatic N) is 2. The molecular weight excluding hydrogens is 328 g/mol. The molecule has 2 aliphatic heterocycles. The Hall–Kier alpha value is -1.60. The summed E-state index contributed by atoms with van der Waals surface area (Å²) in [6, 6.07) is 6.55. The first-order valence-corrected chi connectivity index (χ1v) is 9.74. The highest BCUT2D eigenvalue weighted by Crippen LogP contribution is 2.37. The second-order valence-corrected chi connectivity index (χ2v) is 8.59. The van der Waals surface area contributed by atoms with Crippen molar-refractivity contribution >= 4 is 15.9 Å². The van der Waals surface area contributed by atoms with E-state index in [0.717, 1.165) is 25.7 Å². The number of ether oxygens (including phenoxy) is 1. The standard InChI is InChI=1S/C17H24N2O4S/c1-18-16(20)8-4-9-17(18)10-5-11-19(13-17)24(21,22)15-7-3-6-14(12-15)23-2/h3,6-7,12H,4-5,8-11,13H2,1-2H3/t17-/m0/s1. The topological polar surface area (TPSA) is 66.9 Å². The highest BCUT2D eigenvalue weighted by Gasteiger charge is 2.45. The molecule has 2 saturated heterocycles. The molecule has 1 aromatic rings. The number of benzene rings is 1. The Morgan fingerprint density at radius 3 is 2.71 bits per heavy atom.